The number of carbonyl (C=O) groups excluding carboxylic acids is 2. The van der Waals surface area contributed by atoms with Crippen molar-refractivity contribution in [2.45, 2.75) is 32.4 Å². The maximum atomic E-state index is 13.1. The number of halogens is 1. The van der Waals surface area contributed by atoms with Crippen LogP contribution in [0.1, 0.15) is 42.4 Å². The van der Waals surface area contributed by atoms with Crippen LogP contribution >= 0.6 is 0 Å². The summed E-state index contributed by atoms with van der Waals surface area (Å²) in [5.74, 6) is -0.559. The molecule has 0 aliphatic rings. The van der Waals surface area contributed by atoms with Gasteiger partial charge in [-0.25, -0.2) is 9.37 Å². The molecule has 8 nitrogen and oxygen atoms in total. The van der Waals surface area contributed by atoms with Crippen molar-refractivity contribution in [1.82, 2.24) is 10.3 Å². The second kappa shape index (κ2) is 11.5. The minimum Gasteiger partial charge on any atom is -0.457 e. The summed E-state index contributed by atoms with van der Waals surface area (Å²) >= 11 is 0. The standard InChI is InChI=1S/C26H28FN3O5/c1-15(2)11-22(25(28)33)30-26(34)23-13-17(24(32)14-31)12-21(29-23)16-3-7-19(8-4-16)35-20-9-5-18(27)6-10-20/h3-10,12-13,15,22,24,31-32H,11,14H2,1-2H3,(H2,28,33)(H,30,34). The maximum absolute atomic E-state index is 13.1. The first kappa shape index (κ1) is 25.8. The lowest BCUT2D eigenvalue weighted by Gasteiger charge is -2.18. The second-order valence-electron chi connectivity index (χ2n) is 8.51. The van der Waals surface area contributed by atoms with E-state index in [0.29, 0.717) is 29.2 Å². The van der Waals surface area contributed by atoms with Gasteiger partial charge in [-0.1, -0.05) is 13.8 Å². The average Bonchev–Trinajstić information content (AvgIpc) is 2.84. The number of pyridine rings is 1. The van der Waals surface area contributed by atoms with E-state index in [0.717, 1.165) is 0 Å². The predicted molar refractivity (Wildman–Crippen MR) is 128 cm³/mol. The average molecular weight is 482 g/mol. The number of hydrogen-bond acceptors (Lipinski definition) is 6. The van der Waals surface area contributed by atoms with Crippen LogP contribution in [0.3, 0.4) is 0 Å². The molecule has 2 unspecified atom stereocenters. The highest BCUT2D eigenvalue weighted by Crippen LogP contribution is 2.27. The summed E-state index contributed by atoms with van der Waals surface area (Å²) in [6.45, 7) is 3.26. The van der Waals surface area contributed by atoms with Crippen LogP contribution < -0.4 is 15.8 Å². The number of rotatable bonds is 10. The zero-order valence-corrected chi connectivity index (χ0v) is 19.4. The molecule has 184 valence electrons. The Morgan fingerprint density at radius 1 is 1.06 bits per heavy atom. The quantitative estimate of drug-likeness (QED) is 0.351. The Morgan fingerprint density at radius 3 is 2.20 bits per heavy atom. The van der Waals surface area contributed by atoms with E-state index >= 15 is 0 Å². The number of nitrogens with one attached hydrogen (secondary N) is 1. The van der Waals surface area contributed by atoms with Gasteiger partial charge in [-0.3, -0.25) is 9.59 Å². The third-order valence-electron chi connectivity index (χ3n) is 5.19. The van der Waals surface area contributed by atoms with Gasteiger partial charge in [0.15, 0.2) is 0 Å². The molecule has 2 amide bonds. The van der Waals surface area contributed by atoms with Crippen molar-refractivity contribution >= 4 is 11.8 Å². The Kier molecular flexibility index (Phi) is 8.51. The van der Waals surface area contributed by atoms with Crippen LogP contribution in [0.2, 0.25) is 0 Å². The first-order chi connectivity index (χ1) is 16.7. The molecular weight excluding hydrogens is 453 g/mol. The van der Waals surface area contributed by atoms with Crippen LogP contribution in [-0.4, -0.2) is 39.7 Å². The largest absolute Gasteiger partial charge is 0.457 e. The number of primary amides is 1. The highest BCUT2D eigenvalue weighted by atomic mass is 19.1. The Hall–Kier alpha value is -3.82. The van der Waals surface area contributed by atoms with Crippen molar-refractivity contribution in [2.75, 3.05) is 6.61 Å². The molecule has 0 aliphatic carbocycles. The van der Waals surface area contributed by atoms with Gasteiger partial charge in [-0.15, -0.1) is 0 Å². The fourth-order valence-corrected chi connectivity index (χ4v) is 3.40. The molecule has 0 saturated carbocycles. The number of benzene rings is 2. The molecule has 1 aromatic heterocycles. The van der Waals surface area contributed by atoms with E-state index in [1.54, 1.807) is 30.3 Å². The van der Waals surface area contributed by atoms with E-state index < -0.39 is 30.6 Å². The molecule has 0 saturated heterocycles. The van der Waals surface area contributed by atoms with E-state index in [4.69, 9.17) is 10.5 Å². The minimum atomic E-state index is -1.23. The Labute approximate surface area is 202 Å². The molecule has 2 aromatic carbocycles. The van der Waals surface area contributed by atoms with E-state index in [-0.39, 0.29) is 23.0 Å². The highest BCUT2D eigenvalue weighted by molar-refractivity contribution is 5.96. The summed E-state index contributed by atoms with van der Waals surface area (Å²) in [7, 11) is 0. The number of carbonyl (C=O) groups is 2. The van der Waals surface area contributed by atoms with Gasteiger partial charge in [-0.05, 0) is 78.6 Å². The molecule has 2 atom stereocenters. The Morgan fingerprint density at radius 2 is 1.66 bits per heavy atom. The topological polar surface area (TPSA) is 135 Å². The molecule has 35 heavy (non-hydrogen) atoms. The van der Waals surface area contributed by atoms with Gasteiger partial charge in [0.2, 0.25) is 5.91 Å². The van der Waals surface area contributed by atoms with Crippen LogP contribution in [0.4, 0.5) is 4.39 Å². The van der Waals surface area contributed by atoms with Gasteiger partial charge in [0.1, 0.15) is 35.2 Å². The molecule has 3 rings (SSSR count). The molecule has 0 aliphatic heterocycles. The lowest BCUT2D eigenvalue weighted by molar-refractivity contribution is -0.120. The molecule has 9 heteroatoms. The summed E-state index contributed by atoms with van der Waals surface area (Å²) in [4.78, 5) is 29.1. The van der Waals surface area contributed by atoms with Crippen LogP contribution in [0.5, 0.6) is 11.5 Å². The van der Waals surface area contributed by atoms with E-state index in [2.05, 4.69) is 10.3 Å². The van der Waals surface area contributed by atoms with Gasteiger partial charge in [-0.2, -0.15) is 0 Å². The zero-order chi connectivity index (χ0) is 25.5. The number of amides is 2. The van der Waals surface area contributed by atoms with E-state index in [1.807, 2.05) is 13.8 Å². The second-order valence-corrected chi connectivity index (χ2v) is 8.51. The number of nitrogens with zero attached hydrogens (tertiary/aromatic N) is 1. The van der Waals surface area contributed by atoms with Gasteiger partial charge < -0.3 is 26.0 Å². The fourth-order valence-electron chi connectivity index (χ4n) is 3.40. The molecule has 0 radical (unpaired) electrons. The van der Waals surface area contributed by atoms with Crippen LogP contribution in [0.15, 0.2) is 60.7 Å². The van der Waals surface area contributed by atoms with Gasteiger partial charge in [0, 0.05) is 5.56 Å². The molecule has 5 N–H and O–H groups in total. The number of aliphatic hydroxyl groups is 2. The van der Waals surface area contributed by atoms with Gasteiger partial charge in [0.25, 0.3) is 5.91 Å². The van der Waals surface area contributed by atoms with Gasteiger partial charge in [0.05, 0.1) is 12.3 Å². The number of hydrogen-bond donors (Lipinski definition) is 4. The van der Waals surface area contributed by atoms with Crippen molar-refractivity contribution < 1.29 is 28.9 Å². The normalized spacial score (nSPS) is 12.7. The zero-order valence-electron chi connectivity index (χ0n) is 19.4. The molecule has 3 aromatic rings. The summed E-state index contributed by atoms with van der Waals surface area (Å²) in [5.41, 5.74) is 6.67. The third kappa shape index (κ3) is 7.08. The predicted octanol–water partition coefficient (Wildman–Crippen LogP) is 3.34. The lowest BCUT2D eigenvalue weighted by atomic mass is 10.0. The summed E-state index contributed by atoms with van der Waals surface area (Å²) in [6, 6.07) is 14.4. The Bertz CT molecular complexity index is 1170. The fraction of sp³-hybridized carbons (Fsp3) is 0.269. The summed E-state index contributed by atoms with van der Waals surface area (Å²) in [5, 5.41) is 22.2. The lowest BCUT2D eigenvalue weighted by Crippen LogP contribution is -2.45. The number of aliphatic hydroxyl groups excluding tert-OH is 2. The molecular formula is C26H28FN3O5. The monoisotopic (exact) mass is 481 g/mol. The van der Waals surface area contributed by atoms with E-state index in [1.165, 1.54) is 30.3 Å². The third-order valence-corrected chi connectivity index (χ3v) is 5.19. The minimum absolute atomic E-state index is 0.0355. The molecule has 0 fully saturated rings. The van der Waals surface area contributed by atoms with Crippen molar-refractivity contribution in [2.24, 2.45) is 11.7 Å². The molecule has 0 bridgehead atoms. The summed E-state index contributed by atoms with van der Waals surface area (Å²) < 4.78 is 18.8. The van der Waals surface area contributed by atoms with Crippen LogP contribution in [0, 0.1) is 11.7 Å². The van der Waals surface area contributed by atoms with Crippen molar-refractivity contribution in [3.8, 4) is 22.8 Å². The summed E-state index contributed by atoms with van der Waals surface area (Å²) in [6.07, 6.45) is -0.866. The van der Waals surface area contributed by atoms with E-state index in [9.17, 15) is 24.2 Å². The smallest absolute Gasteiger partial charge is 0.270 e. The van der Waals surface area contributed by atoms with Crippen molar-refractivity contribution in [3.63, 3.8) is 0 Å². The van der Waals surface area contributed by atoms with Gasteiger partial charge >= 0.3 is 0 Å². The number of aromatic nitrogens is 1. The van der Waals surface area contributed by atoms with Crippen LogP contribution in [-0.2, 0) is 4.79 Å². The first-order valence-corrected chi connectivity index (χ1v) is 11.1. The highest BCUT2D eigenvalue weighted by Gasteiger charge is 2.22. The number of ether oxygens (including phenoxy) is 1. The van der Waals surface area contributed by atoms with Crippen molar-refractivity contribution in [1.29, 1.82) is 0 Å². The first-order valence-electron chi connectivity index (χ1n) is 11.1. The van der Waals surface area contributed by atoms with Crippen molar-refractivity contribution in [3.05, 3.63) is 77.7 Å². The Balaban J connectivity index is 1.88. The molecule has 0 spiro atoms. The molecule has 1 heterocycles. The SMILES string of the molecule is CC(C)CC(NC(=O)c1cc(C(O)CO)cc(-c2ccc(Oc3ccc(F)cc3)cc2)n1)C(N)=O. The maximum Gasteiger partial charge on any atom is 0.270 e. The number of nitrogens with two attached hydrogens (primary N) is 1. The van der Waals surface area contributed by atoms with Crippen LogP contribution in [0.25, 0.3) is 11.3 Å².